The molecule has 0 spiro atoms. The number of hydrogen-bond acceptors (Lipinski definition) is 4. The maximum absolute atomic E-state index is 11.9. The third-order valence-corrected chi connectivity index (χ3v) is 3.13. The van der Waals surface area contributed by atoms with E-state index in [1.807, 2.05) is 32.0 Å². The first kappa shape index (κ1) is 17.4. The van der Waals surface area contributed by atoms with Crippen molar-refractivity contribution in [3.63, 3.8) is 0 Å². The standard InChI is InChI=1S/C19H21NO4/c1-3-23-17-11-5-14(13-18(17)24-4-2)6-12-19(22)20-15-7-9-16(21)10-8-15/h5-13,21H,3-4H2,1-2H3,(H,20,22)/b12-6+. The summed E-state index contributed by atoms with van der Waals surface area (Å²) in [5.41, 5.74) is 1.45. The Balaban J connectivity index is 2.05. The molecule has 0 radical (unpaired) electrons. The number of anilines is 1. The molecule has 0 bridgehead atoms. The van der Waals surface area contributed by atoms with Crippen LogP contribution in [0.4, 0.5) is 5.69 Å². The molecule has 0 atom stereocenters. The number of carbonyl (C=O) groups is 1. The summed E-state index contributed by atoms with van der Waals surface area (Å²) in [4.78, 5) is 11.9. The van der Waals surface area contributed by atoms with E-state index >= 15 is 0 Å². The summed E-state index contributed by atoms with van der Waals surface area (Å²) < 4.78 is 11.1. The maximum atomic E-state index is 11.9. The van der Waals surface area contributed by atoms with Crippen LogP contribution in [0.15, 0.2) is 48.5 Å². The lowest BCUT2D eigenvalue weighted by atomic mass is 10.2. The van der Waals surface area contributed by atoms with E-state index in [-0.39, 0.29) is 11.7 Å². The number of nitrogens with one attached hydrogen (secondary N) is 1. The highest BCUT2D eigenvalue weighted by Crippen LogP contribution is 2.29. The van der Waals surface area contributed by atoms with Crippen LogP contribution < -0.4 is 14.8 Å². The van der Waals surface area contributed by atoms with Crippen molar-refractivity contribution in [3.8, 4) is 17.2 Å². The van der Waals surface area contributed by atoms with E-state index in [0.29, 0.717) is 30.4 Å². The largest absolute Gasteiger partial charge is 0.508 e. The topological polar surface area (TPSA) is 67.8 Å². The van der Waals surface area contributed by atoms with Crippen LogP contribution in [-0.2, 0) is 4.79 Å². The normalized spacial score (nSPS) is 10.6. The molecule has 0 aliphatic rings. The lowest BCUT2D eigenvalue weighted by Crippen LogP contribution is -2.07. The number of phenolic OH excluding ortho intramolecular Hbond substituents is 1. The smallest absolute Gasteiger partial charge is 0.248 e. The monoisotopic (exact) mass is 327 g/mol. The summed E-state index contributed by atoms with van der Waals surface area (Å²) >= 11 is 0. The predicted octanol–water partition coefficient (Wildman–Crippen LogP) is 3.84. The summed E-state index contributed by atoms with van der Waals surface area (Å²) in [7, 11) is 0. The van der Waals surface area contributed by atoms with Crippen molar-refractivity contribution in [3.05, 3.63) is 54.1 Å². The van der Waals surface area contributed by atoms with Gasteiger partial charge in [-0.2, -0.15) is 0 Å². The molecule has 2 N–H and O–H groups in total. The van der Waals surface area contributed by atoms with Crippen LogP contribution in [0.5, 0.6) is 17.2 Å². The minimum Gasteiger partial charge on any atom is -0.508 e. The van der Waals surface area contributed by atoms with E-state index in [9.17, 15) is 9.90 Å². The van der Waals surface area contributed by atoms with Gasteiger partial charge in [-0.15, -0.1) is 0 Å². The Bertz CT molecular complexity index is 708. The average molecular weight is 327 g/mol. The summed E-state index contributed by atoms with van der Waals surface area (Å²) in [6, 6.07) is 11.8. The van der Waals surface area contributed by atoms with E-state index in [2.05, 4.69) is 5.32 Å². The van der Waals surface area contributed by atoms with Gasteiger partial charge < -0.3 is 19.9 Å². The fraction of sp³-hybridized carbons (Fsp3) is 0.211. The Morgan fingerprint density at radius 3 is 2.38 bits per heavy atom. The van der Waals surface area contributed by atoms with Crippen molar-refractivity contribution in [1.29, 1.82) is 0 Å². The summed E-state index contributed by atoms with van der Waals surface area (Å²) in [5, 5.41) is 11.9. The van der Waals surface area contributed by atoms with Crippen LogP contribution in [0, 0.1) is 0 Å². The molecule has 24 heavy (non-hydrogen) atoms. The van der Waals surface area contributed by atoms with E-state index < -0.39 is 0 Å². The molecule has 126 valence electrons. The first-order chi connectivity index (χ1) is 11.6. The number of carbonyl (C=O) groups excluding carboxylic acids is 1. The second-order valence-electron chi connectivity index (χ2n) is 4.94. The van der Waals surface area contributed by atoms with Gasteiger partial charge in [-0.1, -0.05) is 6.07 Å². The van der Waals surface area contributed by atoms with Crippen LogP contribution in [0.1, 0.15) is 19.4 Å². The molecule has 0 aliphatic carbocycles. The van der Waals surface area contributed by atoms with Crippen LogP contribution in [0.3, 0.4) is 0 Å². The van der Waals surface area contributed by atoms with Gasteiger partial charge in [0.15, 0.2) is 11.5 Å². The molecule has 5 nitrogen and oxygen atoms in total. The molecule has 0 aliphatic heterocycles. The van der Waals surface area contributed by atoms with Gasteiger partial charge in [-0.25, -0.2) is 0 Å². The molecular weight excluding hydrogens is 306 g/mol. The van der Waals surface area contributed by atoms with E-state index in [1.165, 1.54) is 18.2 Å². The minimum atomic E-state index is -0.257. The zero-order valence-electron chi connectivity index (χ0n) is 13.8. The number of rotatable bonds is 7. The molecule has 0 saturated carbocycles. The Kier molecular flexibility index (Phi) is 6.25. The quantitative estimate of drug-likeness (QED) is 0.599. The molecule has 2 rings (SSSR count). The van der Waals surface area contributed by atoms with Crippen LogP contribution >= 0.6 is 0 Å². The third-order valence-electron chi connectivity index (χ3n) is 3.13. The molecule has 0 saturated heterocycles. The number of ether oxygens (including phenoxy) is 2. The highest BCUT2D eigenvalue weighted by atomic mass is 16.5. The van der Waals surface area contributed by atoms with Crippen molar-refractivity contribution in [2.24, 2.45) is 0 Å². The van der Waals surface area contributed by atoms with E-state index in [0.717, 1.165) is 5.56 Å². The van der Waals surface area contributed by atoms with Crippen molar-refractivity contribution < 1.29 is 19.4 Å². The van der Waals surface area contributed by atoms with Crippen molar-refractivity contribution in [2.45, 2.75) is 13.8 Å². The third kappa shape index (κ3) is 5.05. The van der Waals surface area contributed by atoms with Gasteiger partial charge in [0.2, 0.25) is 5.91 Å². The molecule has 0 heterocycles. The number of aromatic hydroxyl groups is 1. The zero-order valence-corrected chi connectivity index (χ0v) is 13.8. The summed E-state index contributed by atoms with van der Waals surface area (Å²) in [6.07, 6.45) is 3.15. The van der Waals surface area contributed by atoms with Gasteiger partial charge in [-0.05, 0) is 61.9 Å². The maximum Gasteiger partial charge on any atom is 0.248 e. The molecule has 0 aromatic heterocycles. The first-order valence-electron chi connectivity index (χ1n) is 7.80. The lowest BCUT2D eigenvalue weighted by Gasteiger charge is -2.11. The molecule has 2 aromatic carbocycles. The Morgan fingerprint density at radius 2 is 1.71 bits per heavy atom. The Hall–Kier alpha value is -2.95. The first-order valence-corrected chi connectivity index (χ1v) is 7.80. The second-order valence-corrected chi connectivity index (χ2v) is 4.94. The van der Waals surface area contributed by atoms with Gasteiger partial charge >= 0.3 is 0 Å². The fourth-order valence-corrected chi connectivity index (χ4v) is 2.07. The Labute approximate surface area is 141 Å². The molecule has 1 amide bonds. The molecule has 0 unspecified atom stereocenters. The number of benzene rings is 2. The Morgan fingerprint density at radius 1 is 1.04 bits per heavy atom. The van der Waals surface area contributed by atoms with Crippen molar-refractivity contribution >= 4 is 17.7 Å². The SMILES string of the molecule is CCOc1ccc(/C=C/C(=O)Nc2ccc(O)cc2)cc1OCC. The fourth-order valence-electron chi connectivity index (χ4n) is 2.07. The second kappa shape index (κ2) is 8.62. The van der Waals surface area contributed by atoms with E-state index in [4.69, 9.17) is 9.47 Å². The molecule has 0 fully saturated rings. The zero-order chi connectivity index (χ0) is 17.4. The van der Waals surface area contributed by atoms with Gasteiger partial charge in [0.05, 0.1) is 13.2 Å². The van der Waals surface area contributed by atoms with Crippen LogP contribution in [-0.4, -0.2) is 24.2 Å². The van der Waals surface area contributed by atoms with Gasteiger partial charge in [0, 0.05) is 11.8 Å². The van der Waals surface area contributed by atoms with Crippen molar-refractivity contribution in [2.75, 3.05) is 18.5 Å². The predicted molar refractivity (Wildman–Crippen MR) is 94.6 cm³/mol. The van der Waals surface area contributed by atoms with Crippen LogP contribution in [0.25, 0.3) is 6.08 Å². The molecular formula is C19H21NO4. The minimum absolute atomic E-state index is 0.154. The molecule has 2 aromatic rings. The van der Waals surface area contributed by atoms with Gasteiger partial charge in [0.1, 0.15) is 5.75 Å². The van der Waals surface area contributed by atoms with Crippen molar-refractivity contribution in [1.82, 2.24) is 0 Å². The highest BCUT2D eigenvalue weighted by molar-refractivity contribution is 6.01. The summed E-state index contributed by atoms with van der Waals surface area (Å²) in [6.45, 7) is 4.92. The number of hydrogen-bond donors (Lipinski definition) is 2. The average Bonchev–Trinajstić information content (AvgIpc) is 2.57. The van der Waals surface area contributed by atoms with Gasteiger partial charge in [0.25, 0.3) is 0 Å². The highest BCUT2D eigenvalue weighted by Gasteiger charge is 2.05. The molecule has 5 heteroatoms. The summed E-state index contributed by atoms with van der Waals surface area (Å²) in [5.74, 6) is 1.24. The van der Waals surface area contributed by atoms with Gasteiger partial charge in [-0.3, -0.25) is 4.79 Å². The van der Waals surface area contributed by atoms with E-state index in [1.54, 1.807) is 18.2 Å². The number of phenols is 1. The number of amides is 1. The lowest BCUT2D eigenvalue weighted by molar-refractivity contribution is -0.111. The van der Waals surface area contributed by atoms with Crippen LogP contribution in [0.2, 0.25) is 0 Å².